The number of pyridine rings is 1. The van der Waals surface area contributed by atoms with E-state index in [1.54, 1.807) is 49.8 Å². The van der Waals surface area contributed by atoms with Gasteiger partial charge in [-0.1, -0.05) is 23.8 Å². The van der Waals surface area contributed by atoms with Crippen LogP contribution in [0.3, 0.4) is 0 Å². The zero-order chi connectivity index (χ0) is 23.7. The van der Waals surface area contributed by atoms with Gasteiger partial charge in [-0.25, -0.2) is 0 Å². The fourth-order valence-electron chi connectivity index (χ4n) is 4.06. The number of aromatic nitrogens is 1. The molecule has 7 heteroatoms. The third kappa shape index (κ3) is 4.28. The lowest BCUT2D eigenvalue weighted by Crippen LogP contribution is -2.29. The first kappa shape index (κ1) is 22.7. The van der Waals surface area contributed by atoms with Crippen LogP contribution in [0.15, 0.2) is 71.0 Å². The summed E-state index contributed by atoms with van der Waals surface area (Å²) in [4.78, 5) is 32.0. The van der Waals surface area contributed by atoms with Gasteiger partial charge in [-0.05, 0) is 76.8 Å². The molecule has 0 aliphatic carbocycles. The van der Waals surface area contributed by atoms with Gasteiger partial charge in [0.05, 0.1) is 23.2 Å². The first-order valence-electron chi connectivity index (χ1n) is 10.4. The van der Waals surface area contributed by atoms with E-state index in [4.69, 9.17) is 4.74 Å². The van der Waals surface area contributed by atoms with Crippen molar-refractivity contribution in [2.45, 2.75) is 26.4 Å². The number of hydrogen-bond donors (Lipinski definition) is 1. The summed E-state index contributed by atoms with van der Waals surface area (Å²) in [5, 5.41) is 11.2. The Morgan fingerprint density at radius 3 is 2.48 bits per heavy atom. The van der Waals surface area contributed by atoms with Gasteiger partial charge in [-0.2, -0.15) is 0 Å². The van der Waals surface area contributed by atoms with Crippen LogP contribution in [0.25, 0.3) is 5.76 Å². The average molecular weight is 507 g/mol. The summed E-state index contributed by atoms with van der Waals surface area (Å²) >= 11 is 3.41. The predicted octanol–water partition coefficient (Wildman–Crippen LogP) is 5.09. The first-order valence-corrected chi connectivity index (χ1v) is 11.2. The Morgan fingerprint density at radius 1 is 1.09 bits per heavy atom. The van der Waals surface area contributed by atoms with Crippen molar-refractivity contribution in [2.75, 3.05) is 7.11 Å². The molecular formula is C26H23BrN2O4. The minimum Gasteiger partial charge on any atom is -0.507 e. The molecule has 1 aliphatic heterocycles. The van der Waals surface area contributed by atoms with Crippen molar-refractivity contribution >= 4 is 33.4 Å². The molecule has 1 saturated heterocycles. The molecule has 1 aromatic heterocycles. The largest absolute Gasteiger partial charge is 0.507 e. The standard InChI is InChI=1S/C26H23BrN2O4/c1-15-4-5-16(2)19(12-15)14-29-23(17-8-10-28-11-9-17)22(25(31)26(29)32)24(30)18-6-7-21(33-3)20(27)13-18/h4-13,23,30H,14H2,1-3H3/b24-22-. The molecule has 1 amide bonds. The third-order valence-electron chi connectivity index (χ3n) is 5.83. The summed E-state index contributed by atoms with van der Waals surface area (Å²) in [6.07, 6.45) is 3.22. The van der Waals surface area contributed by atoms with Gasteiger partial charge in [0.15, 0.2) is 0 Å². The van der Waals surface area contributed by atoms with Crippen molar-refractivity contribution in [2.24, 2.45) is 0 Å². The molecule has 168 valence electrons. The molecule has 1 unspecified atom stereocenters. The van der Waals surface area contributed by atoms with E-state index in [2.05, 4.69) is 20.9 Å². The highest BCUT2D eigenvalue weighted by molar-refractivity contribution is 9.10. The van der Waals surface area contributed by atoms with E-state index in [-0.39, 0.29) is 17.9 Å². The third-order valence-corrected chi connectivity index (χ3v) is 6.45. The second-order valence-corrected chi connectivity index (χ2v) is 8.84. The highest BCUT2D eigenvalue weighted by Crippen LogP contribution is 2.41. The Balaban J connectivity index is 1.86. The Labute approximate surface area is 200 Å². The Morgan fingerprint density at radius 2 is 1.82 bits per heavy atom. The van der Waals surface area contributed by atoms with Crippen LogP contribution in [-0.2, 0) is 16.1 Å². The van der Waals surface area contributed by atoms with Gasteiger partial charge < -0.3 is 14.7 Å². The van der Waals surface area contributed by atoms with Crippen LogP contribution in [0.4, 0.5) is 0 Å². The summed E-state index contributed by atoms with van der Waals surface area (Å²) in [5.41, 5.74) is 4.19. The van der Waals surface area contributed by atoms with Crippen LogP contribution in [0.5, 0.6) is 5.75 Å². The molecule has 33 heavy (non-hydrogen) atoms. The van der Waals surface area contributed by atoms with E-state index < -0.39 is 17.7 Å². The zero-order valence-electron chi connectivity index (χ0n) is 18.5. The van der Waals surface area contributed by atoms with E-state index in [1.165, 1.54) is 4.90 Å². The molecule has 0 spiro atoms. The molecule has 2 aromatic carbocycles. The Hall–Kier alpha value is -3.45. The van der Waals surface area contributed by atoms with Gasteiger partial charge in [0.1, 0.15) is 11.5 Å². The van der Waals surface area contributed by atoms with Crippen molar-refractivity contribution in [1.82, 2.24) is 9.88 Å². The summed E-state index contributed by atoms with van der Waals surface area (Å²) in [5.74, 6) is -1.01. The van der Waals surface area contributed by atoms with E-state index in [1.807, 2.05) is 32.0 Å². The Kier molecular flexibility index (Phi) is 6.33. The van der Waals surface area contributed by atoms with Gasteiger partial charge in [0, 0.05) is 24.5 Å². The number of aryl methyl sites for hydroxylation is 2. The van der Waals surface area contributed by atoms with Crippen LogP contribution < -0.4 is 4.74 Å². The number of nitrogens with zero attached hydrogens (tertiary/aromatic N) is 2. The molecule has 4 rings (SSSR count). The monoisotopic (exact) mass is 506 g/mol. The fraction of sp³-hybridized carbons (Fsp3) is 0.192. The van der Waals surface area contributed by atoms with Crippen LogP contribution >= 0.6 is 15.9 Å². The second-order valence-electron chi connectivity index (χ2n) is 7.99. The van der Waals surface area contributed by atoms with E-state index >= 15 is 0 Å². The number of rotatable bonds is 5. The van der Waals surface area contributed by atoms with E-state index in [9.17, 15) is 14.7 Å². The maximum Gasteiger partial charge on any atom is 0.295 e. The quantitative estimate of drug-likeness (QED) is 0.296. The van der Waals surface area contributed by atoms with Gasteiger partial charge in [-0.15, -0.1) is 0 Å². The average Bonchev–Trinajstić information content (AvgIpc) is 3.06. The van der Waals surface area contributed by atoms with E-state index in [0.29, 0.717) is 21.3 Å². The molecule has 1 atom stereocenters. The number of amides is 1. The van der Waals surface area contributed by atoms with Gasteiger partial charge >= 0.3 is 0 Å². The SMILES string of the molecule is COc1ccc(/C(O)=C2/C(=O)C(=O)N(Cc3cc(C)ccc3C)C2c2ccncc2)cc1Br. The maximum atomic E-state index is 13.2. The molecule has 1 aliphatic rings. The van der Waals surface area contributed by atoms with Crippen molar-refractivity contribution in [1.29, 1.82) is 0 Å². The molecule has 1 fully saturated rings. The highest BCUT2D eigenvalue weighted by Gasteiger charge is 2.46. The first-order chi connectivity index (χ1) is 15.8. The summed E-state index contributed by atoms with van der Waals surface area (Å²) in [6.45, 7) is 4.20. The number of likely N-dealkylation sites (tertiary alicyclic amines) is 1. The van der Waals surface area contributed by atoms with Gasteiger partial charge in [-0.3, -0.25) is 14.6 Å². The van der Waals surface area contributed by atoms with Gasteiger partial charge in [0.25, 0.3) is 11.7 Å². The van der Waals surface area contributed by atoms with Crippen LogP contribution in [0, 0.1) is 13.8 Å². The molecule has 0 saturated carbocycles. The van der Waals surface area contributed by atoms with Gasteiger partial charge in [0.2, 0.25) is 0 Å². The number of ketones is 1. The van der Waals surface area contributed by atoms with Crippen molar-refractivity contribution < 1.29 is 19.4 Å². The molecule has 1 N–H and O–H groups in total. The molecule has 2 heterocycles. The number of methoxy groups -OCH3 is 1. The highest BCUT2D eigenvalue weighted by atomic mass is 79.9. The number of carbonyl (C=O) groups is 2. The number of Topliss-reactive ketones (excluding diaryl/α,β-unsaturated/α-hetero) is 1. The Bertz CT molecular complexity index is 1270. The minimum atomic E-state index is -0.742. The lowest BCUT2D eigenvalue weighted by Gasteiger charge is -2.26. The van der Waals surface area contributed by atoms with Crippen molar-refractivity contribution in [3.8, 4) is 5.75 Å². The summed E-state index contributed by atoms with van der Waals surface area (Å²) in [6, 6.07) is 13.8. The number of aliphatic hydroxyl groups is 1. The number of hydrogen-bond acceptors (Lipinski definition) is 5. The van der Waals surface area contributed by atoms with Crippen molar-refractivity contribution in [3.63, 3.8) is 0 Å². The number of carbonyl (C=O) groups excluding carboxylic acids is 2. The van der Waals surface area contributed by atoms with Crippen LogP contribution in [0.1, 0.15) is 33.9 Å². The molecule has 6 nitrogen and oxygen atoms in total. The number of benzene rings is 2. The lowest BCUT2D eigenvalue weighted by atomic mass is 9.95. The smallest absolute Gasteiger partial charge is 0.295 e. The topological polar surface area (TPSA) is 79.7 Å². The lowest BCUT2D eigenvalue weighted by molar-refractivity contribution is -0.140. The number of aliphatic hydroxyl groups excluding tert-OH is 1. The minimum absolute atomic E-state index is 0.0496. The fourth-order valence-corrected chi connectivity index (χ4v) is 4.60. The van der Waals surface area contributed by atoms with Crippen molar-refractivity contribution in [3.05, 3.63) is 98.8 Å². The zero-order valence-corrected chi connectivity index (χ0v) is 20.1. The van der Waals surface area contributed by atoms with E-state index in [0.717, 1.165) is 16.7 Å². The normalized spacial score (nSPS) is 17.5. The molecular weight excluding hydrogens is 484 g/mol. The van der Waals surface area contributed by atoms with Crippen LogP contribution in [-0.4, -0.2) is 33.8 Å². The summed E-state index contributed by atoms with van der Waals surface area (Å²) < 4.78 is 5.88. The van der Waals surface area contributed by atoms with Crippen LogP contribution in [0.2, 0.25) is 0 Å². The molecule has 3 aromatic rings. The summed E-state index contributed by atoms with van der Waals surface area (Å²) in [7, 11) is 1.54. The number of halogens is 1. The maximum absolute atomic E-state index is 13.2. The second kappa shape index (κ2) is 9.19. The molecule has 0 radical (unpaired) electrons. The molecule has 0 bridgehead atoms. The predicted molar refractivity (Wildman–Crippen MR) is 129 cm³/mol. The number of ether oxygens (including phenoxy) is 1.